The van der Waals surface area contributed by atoms with E-state index in [1.165, 1.54) is 6.07 Å². The number of carbonyl (C=O) groups excluding carboxylic acids is 1. The number of anilines is 1. The molecule has 0 radical (unpaired) electrons. The predicted molar refractivity (Wildman–Crippen MR) is 95.9 cm³/mol. The zero-order valence-corrected chi connectivity index (χ0v) is 14.0. The zero-order chi connectivity index (χ0) is 18.1. The number of nitro benzene ring substituents is 1. The molecule has 0 aromatic heterocycles. The number of carbonyl (C=O) groups is 1. The fourth-order valence-electron chi connectivity index (χ4n) is 2.18. The van der Waals surface area contributed by atoms with E-state index in [9.17, 15) is 14.9 Å². The van der Waals surface area contributed by atoms with Crippen LogP contribution in [0.1, 0.15) is 12.0 Å². The van der Waals surface area contributed by atoms with Crippen molar-refractivity contribution >= 4 is 17.3 Å². The summed E-state index contributed by atoms with van der Waals surface area (Å²) >= 11 is 0. The lowest BCUT2D eigenvalue weighted by Gasteiger charge is -2.09. The van der Waals surface area contributed by atoms with Crippen LogP contribution in [0.3, 0.4) is 0 Å². The highest BCUT2D eigenvalue weighted by Gasteiger charge is 2.11. The Morgan fingerprint density at radius 3 is 2.56 bits per heavy atom. The Morgan fingerprint density at radius 2 is 1.84 bits per heavy atom. The third-order valence-corrected chi connectivity index (χ3v) is 3.48. The molecule has 2 rings (SSSR count). The summed E-state index contributed by atoms with van der Waals surface area (Å²) in [6, 6.07) is 14.0. The Hall–Kier alpha value is -3.09. The van der Waals surface area contributed by atoms with Crippen molar-refractivity contribution in [1.29, 1.82) is 0 Å². The first kappa shape index (κ1) is 18.3. The molecule has 132 valence electrons. The number of nitro groups is 1. The lowest BCUT2D eigenvalue weighted by molar-refractivity contribution is -0.384. The predicted octanol–water partition coefficient (Wildman–Crippen LogP) is 2.90. The van der Waals surface area contributed by atoms with Crippen molar-refractivity contribution in [3.05, 3.63) is 64.2 Å². The number of aryl methyl sites for hydroxylation is 1. The Kier molecular flexibility index (Phi) is 6.76. The maximum atomic E-state index is 11.8. The molecule has 2 aromatic carbocycles. The number of ether oxygens (including phenoxy) is 1. The maximum Gasteiger partial charge on any atom is 0.292 e. The van der Waals surface area contributed by atoms with Crippen molar-refractivity contribution in [2.75, 3.05) is 25.0 Å². The van der Waals surface area contributed by atoms with Gasteiger partial charge in [0.05, 0.1) is 11.5 Å². The minimum Gasteiger partial charge on any atom is -0.492 e. The number of hydrogen-bond acceptors (Lipinski definition) is 5. The van der Waals surface area contributed by atoms with Gasteiger partial charge in [0.2, 0.25) is 5.91 Å². The van der Waals surface area contributed by atoms with Gasteiger partial charge in [0.15, 0.2) is 0 Å². The largest absolute Gasteiger partial charge is 0.492 e. The van der Waals surface area contributed by atoms with E-state index >= 15 is 0 Å². The van der Waals surface area contributed by atoms with Gasteiger partial charge in [-0.15, -0.1) is 0 Å². The van der Waals surface area contributed by atoms with Gasteiger partial charge in [-0.2, -0.15) is 0 Å². The van der Waals surface area contributed by atoms with Gasteiger partial charge in [-0.3, -0.25) is 14.9 Å². The summed E-state index contributed by atoms with van der Waals surface area (Å²) in [7, 11) is 0. The molecule has 0 bridgehead atoms. The Balaban J connectivity index is 1.64. The first-order chi connectivity index (χ1) is 12.1. The highest BCUT2D eigenvalue weighted by atomic mass is 16.6. The molecule has 0 spiro atoms. The topological polar surface area (TPSA) is 93.5 Å². The summed E-state index contributed by atoms with van der Waals surface area (Å²) < 4.78 is 5.52. The van der Waals surface area contributed by atoms with Crippen LogP contribution in [0, 0.1) is 17.0 Å². The second kappa shape index (κ2) is 9.27. The molecule has 0 fully saturated rings. The SMILES string of the molecule is Cc1ccc(OCCNC(=O)CCNc2ccccc2[N+](=O)[O-])cc1. The van der Waals surface area contributed by atoms with Crippen molar-refractivity contribution in [2.45, 2.75) is 13.3 Å². The lowest BCUT2D eigenvalue weighted by atomic mass is 10.2. The summed E-state index contributed by atoms with van der Waals surface area (Å²) in [6.45, 7) is 3.10. The Morgan fingerprint density at radius 1 is 1.12 bits per heavy atom. The minimum atomic E-state index is -0.454. The van der Waals surface area contributed by atoms with Gasteiger partial charge in [-0.05, 0) is 25.1 Å². The average molecular weight is 343 g/mol. The summed E-state index contributed by atoms with van der Waals surface area (Å²) in [5.74, 6) is 0.622. The van der Waals surface area contributed by atoms with E-state index in [-0.39, 0.29) is 18.0 Å². The van der Waals surface area contributed by atoms with Crippen molar-refractivity contribution < 1.29 is 14.5 Å². The first-order valence-corrected chi connectivity index (χ1v) is 8.00. The van der Waals surface area contributed by atoms with E-state index in [1.807, 2.05) is 31.2 Å². The van der Waals surface area contributed by atoms with Gasteiger partial charge in [-0.1, -0.05) is 29.8 Å². The zero-order valence-electron chi connectivity index (χ0n) is 14.0. The molecule has 25 heavy (non-hydrogen) atoms. The monoisotopic (exact) mass is 343 g/mol. The van der Waals surface area contributed by atoms with Crippen LogP contribution in [-0.4, -0.2) is 30.5 Å². The number of hydrogen-bond donors (Lipinski definition) is 2. The summed E-state index contributed by atoms with van der Waals surface area (Å²) in [4.78, 5) is 22.2. The van der Waals surface area contributed by atoms with E-state index in [0.717, 1.165) is 11.3 Å². The van der Waals surface area contributed by atoms with Gasteiger partial charge in [0, 0.05) is 19.0 Å². The molecule has 0 aliphatic rings. The van der Waals surface area contributed by atoms with E-state index in [4.69, 9.17) is 4.74 Å². The fraction of sp³-hybridized carbons (Fsp3) is 0.278. The molecule has 0 unspecified atom stereocenters. The molecule has 0 aliphatic heterocycles. The van der Waals surface area contributed by atoms with Crippen LogP contribution < -0.4 is 15.4 Å². The van der Waals surface area contributed by atoms with Crippen LogP contribution >= 0.6 is 0 Å². The highest BCUT2D eigenvalue weighted by molar-refractivity contribution is 5.76. The number of nitrogens with zero attached hydrogens (tertiary/aromatic N) is 1. The standard InChI is InChI=1S/C18H21N3O4/c1-14-6-8-15(9-7-14)25-13-12-20-18(22)10-11-19-16-4-2-3-5-17(16)21(23)24/h2-9,19H,10-13H2,1H3,(H,20,22). The minimum absolute atomic E-state index is 0.00518. The van der Waals surface area contributed by atoms with Gasteiger partial charge in [0.1, 0.15) is 18.0 Å². The number of benzene rings is 2. The lowest BCUT2D eigenvalue weighted by Crippen LogP contribution is -2.29. The van der Waals surface area contributed by atoms with E-state index in [1.54, 1.807) is 18.2 Å². The third-order valence-electron chi connectivity index (χ3n) is 3.48. The smallest absolute Gasteiger partial charge is 0.292 e. The van der Waals surface area contributed by atoms with Gasteiger partial charge in [0.25, 0.3) is 5.69 Å². The van der Waals surface area contributed by atoms with Crippen molar-refractivity contribution in [1.82, 2.24) is 5.32 Å². The number of nitrogens with one attached hydrogen (secondary N) is 2. The van der Waals surface area contributed by atoms with Gasteiger partial charge >= 0.3 is 0 Å². The van der Waals surface area contributed by atoms with Crippen molar-refractivity contribution in [3.8, 4) is 5.75 Å². The van der Waals surface area contributed by atoms with E-state index < -0.39 is 4.92 Å². The third kappa shape index (κ3) is 6.14. The normalized spacial score (nSPS) is 10.1. The van der Waals surface area contributed by atoms with Crippen LogP contribution in [0.2, 0.25) is 0 Å². The van der Waals surface area contributed by atoms with Gasteiger partial charge in [-0.25, -0.2) is 0 Å². The second-order valence-corrected chi connectivity index (χ2v) is 5.46. The van der Waals surface area contributed by atoms with Gasteiger partial charge < -0.3 is 15.4 Å². The van der Waals surface area contributed by atoms with E-state index in [2.05, 4.69) is 10.6 Å². The van der Waals surface area contributed by atoms with Crippen LogP contribution in [0.5, 0.6) is 5.75 Å². The number of para-hydroxylation sites is 2. The van der Waals surface area contributed by atoms with Crippen LogP contribution in [0.15, 0.2) is 48.5 Å². The van der Waals surface area contributed by atoms with Crippen LogP contribution in [0.4, 0.5) is 11.4 Å². The molecule has 0 heterocycles. The maximum absolute atomic E-state index is 11.8. The number of amides is 1. The van der Waals surface area contributed by atoms with E-state index in [0.29, 0.717) is 25.4 Å². The highest BCUT2D eigenvalue weighted by Crippen LogP contribution is 2.22. The summed E-state index contributed by atoms with van der Waals surface area (Å²) in [5, 5.41) is 16.6. The molecule has 0 saturated carbocycles. The van der Waals surface area contributed by atoms with Crippen molar-refractivity contribution in [2.24, 2.45) is 0 Å². The molecule has 0 saturated heterocycles. The summed E-state index contributed by atoms with van der Waals surface area (Å²) in [5.41, 5.74) is 1.56. The Bertz CT molecular complexity index is 717. The molecular weight excluding hydrogens is 322 g/mol. The molecule has 2 aromatic rings. The molecule has 0 aliphatic carbocycles. The molecule has 7 nitrogen and oxygen atoms in total. The number of rotatable bonds is 9. The molecule has 2 N–H and O–H groups in total. The van der Waals surface area contributed by atoms with Crippen LogP contribution in [0.25, 0.3) is 0 Å². The Labute approximate surface area is 146 Å². The molecule has 0 atom stereocenters. The first-order valence-electron chi connectivity index (χ1n) is 8.00. The second-order valence-electron chi connectivity index (χ2n) is 5.46. The average Bonchev–Trinajstić information content (AvgIpc) is 2.60. The van der Waals surface area contributed by atoms with Crippen molar-refractivity contribution in [3.63, 3.8) is 0 Å². The van der Waals surface area contributed by atoms with Crippen LogP contribution in [-0.2, 0) is 4.79 Å². The fourth-order valence-corrected chi connectivity index (χ4v) is 2.18. The summed E-state index contributed by atoms with van der Waals surface area (Å²) in [6.07, 6.45) is 0.219. The quantitative estimate of drug-likeness (QED) is 0.415. The molecule has 7 heteroatoms. The molecule has 1 amide bonds. The molecular formula is C18H21N3O4.